The van der Waals surface area contributed by atoms with Crippen LogP contribution in [0.1, 0.15) is 37.4 Å². The number of rotatable bonds is 7. The zero-order valence-corrected chi connectivity index (χ0v) is 15.5. The summed E-state index contributed by atoms with van der Waals surface area (Å²) in [4.78, 5) is 35.7. The van der Waals surface area contributed by atoms with Gasteiger partial charge >= 0.3 is 5.97 Å². The molecule has 0 fully saturated rings. The first kappa shape index (κ1) is 19.7. The minimum absolute atomic E-state index is 0.0842. The van der Waals surface area contributed by atoms with Crippen LogP contribution >= 0.6 is 0 Å². The van der Waals surface area contributed by atoms with Gasteiger partial charge in [0.25, 0.3) is 0 Å². The Kier molecular flexibility index (Phi) is 5.95. The minimum atomic E-state index is -1.03. The summed E-state index contributed by atoms with van der Waals surface area (Å²) in [5.74, 6) is -1.35. The highest BCUT2D eigenvalue weighted by Gasteiger charge is 2.14. The Bertz CT molecular complexity index is 1090. The van der Waals surface area contributed by atoms with Gasteiger partial charge < -0.3 is 5.11 Å². The van der Waals surface area contributed by atoms with E-state index in [1.165, 1.54) is 6.08 Å². The topological polar surface area (TPSA) is 71.4 Å². The van der Waals surface area contributed by atoms with Gasteiger partial charge in [-0.1, -0.05) is 85.4 Å². The monoisotopic (exact) mass is 382 g/mol. The number of carboxylic acids is 1. The lowest BCUT2D eigenvalue weighted by molar-refractivity contribution is -0.131. The van der Waals surface area contributed by atoms with Crippen LogP contribution in [0.2, 0.25) is 0 Å². The second-order valence-electron chi connectivity index (χ2n) is 6.37. The van der Waals surface area contributed by atoms with Crippen molar-refractivity contribution in [2.75, 3.05) is 0 Å². The number of benzene rings is 3. The Morgan fingerprint density at radius 1 is 0.690 bits per heavy atom. The average molecular weight is 382 g/mol. The molecule has 0 saturated heterocycles. The van der Waals surface area contributed by atoms with Gasteiger partial charge in [0.1, 0.15) is 0 Å². The van der Waals surface area contributed by atoms with Crippen molar-refractivity contribution in [3.8, 4) is 0 Å². The summed E-state index contributed by atoms with van der Waals surface area (Å²) in [5, 5.41) is 8.66. The molecule has 29 heavy (non-hydrogen) atoms. The van der Waals surface area contributed by atoms with Crippen LogP contribution in [0.15, 0.2) is 91.5 Å². The van der Waals surface area contributed by atoms with Gasteiger partial charge in [-0.2, -0.15) is 0 Å². The number of carbonyl (C=O) groups excluding carboxylic acids is 2. The molecule has 0 aliphatic carbocycles. The van der Waals surface area contributed by atoms with Crippen LogP contribution in [0, 0.1) is 0 Å². The van der Waals surface area contributed by atoms with E-state index in [1.54, 1.807) is 60.7 Å². The van der Waals surface area contributed by atoms with Crippen LogP contribution in [-0.4, -0.2) is 22.6 Å². The van der Waals surface area contributed by atoms with Gasteiger partial charge in [-0.25, -0.2) is 4.79 Å². The predicted octanol–water partition coefficient (Wildman–Crippen LogP) is 4.91. The van der Waals surface area contributed by atoms with Gasteiger partial charge in [0.15, 0.2) is 11.6 Å². The zero-order valence-electron chi connectivity index (χ0n) is 15.5. The molecule has 0 unspecified atom stereocenters. The smallest absolute Gasteiger partial charge is 0.328 e. The van der Waals surface area contributed by atoms with Gasteiger partial charge in [-0.15, -0.1) is 0 Å². The summed E-state index contributed by atoms with van der Waals surface area (Å²) in [6, 6.07) is 22.4. The molecule has 1 N–H and O–H groups in total. The van der Waals surface area contributed by atoms with Crippen LogP contribution in [0.4, 0.5) is 0 Å². The maximum absolute atomic E-state index is 12.7. The molecular formula is C25H18O4. The second-order valence-corrected chi connectivity index (χ2v) is 6.37. The Morgan fingerprint density at radius 3 is 1.79 bits per heavy atom. The maximum Gasteiger partial charge on any atom is 0.328 e. The van der Waals surface area contributed by atoms with Gasteiger partial charge in [0, 0.05) is 28.3 Å². The summed E-state index contributed by atoms with van der Waals surface area (Å²) in [6.45, 7) is 3.89. The third-order valence-corrected chi connectivity index (χ3v) is 4.40. The van der Waals surface area contributed by atoms with Crippen molar-refractivity contribution in [3.63, 3.8) is 0 Å². The standard InChI is InChI=1S/C25H18O4/c1-17(24(28)21-10-7-18(8-11-21)9-16-23(26)27)19-12-14-22(15-13-19)25(29)20-5-3-2-4-6-20/h2-16H,1H2,(H,26,27). The maximum atomic E-state index is 12.7. The molecule has 0 bridgehead atoms. The van der Waals surface area contributed by atoms with Crippen molar-refractivity contribution in [1.82, 2.24) is 0 Å². The number of Topliss-reactive ketones (excluding diaryl/α,β-unsaturated/α-hetero) is 1. The third-order valence-electron chi connectivity index (χ3n) is 4.40. The summed E-state index contributed by atoms with van der Waals surface area (Å²) in [7, 11) is 0. The first-order valence-corrected chi connectivity index (χ1v) is 8.90. The van der Waals surface area contributed by atoms with Crippen LogP contribution in [0.3, 0.4) is 0 Å². The van der Waals surface area contributed by atoms with Crippen LogP contribution in [0.25, 0.3) is 11.6 Å². The van der Waals surface area contributed by atoms with Crippen molar-refractivity contribution < 1.29 is 19.5 Å². The molecule has 0 aliphatic rings. The molecule has 4 heteroatoms. The molecule has 0 aliphatic heterocycles. The number of aliphatic carboxylic acids is 1. The lowest BCUT2D eigenvalue weighted by Gasteiger charge is -2.07. The molecule has 3 aromatic rings. The molecule has 3 rings (SSSR count). The molecule has 0 aromatic heterocycles. The third kappa shape index (κ3) is 4.82. The lowest BCUT2D eigenvalue weighted by atomic mass is 9.95. The normalized spacial score (nSPS) is 10.6. The zero-order chi connectivity index (χ0) is 20.8. The average Bonchev–Trinajstić information content (AvgIpc) is 2.77. The van der Waals surface area contributed by atoms with Crippen LogP contribution in [0.5, 0.6) is 0 Å². The Hall–Kier alpha value is -4.05. The van der Waals surface area contributed by atoms with Crippen LogP contribution < -0.4 is 0 Å². The molecule has 4 nitrogen and oxygen atoms in total. The van der Waals surface area contributed by atoms with E-state index in [1.807, 2.05) is 18.2 Å². The largest absolute Gasteiger partial charge is 0.478 e. The molecule has 0 amide bonds. The Morgan fingerprint density at radius 2 is 1.21 bits per heavy atom. The highest BCUT2D eigenvalue weighted by Crippen LogP contribution is 2.20. The van der Waals surface area contributed by atoms with Crippen LogP contribution in [-0.2, 0) is 4.79 Å². The summed E-state index contributed by atoms with van der Waals surface area (Å²) in [5.41, 5.74) is 3.22. The highest BCUT2D eigenvalue weighted by atomic mass is 16.4. The van der Waals surface area contributed by atoms with E-state index in [9.17, 15) is 14.4 Å². The Labute approximate surface area is 168 Å². The molecule has 0 saturated carbocycles. The van der Waals surface area contributed by atoms with Crippen molar-refractivity contribution in [2.24, 2.45) is 0 Å². The molecule has 3 aromatic carbocycles. The number of carboxylic acid groups (broad SMARTS) is 1. The summed E-state index contributed by atoms with van der Waals surface area (Å²) in [6.07, 6.45) is 2.49. The first-order valence-electron chi connectivity index (χ1n) is 8.90. The van der Waals surface area contributed by atoms with E-state index in [0.29, 0.717) is 33.4 Å². The SMILES string of the molecule is C=C(C(=O)c1ccc(C=CC(=O)O)cc1)c1ccc(C(=O)c2ccccc2)cc1. The second kappa shape index (κ2) is 8.76. The van der Waals surface area contributed by atoms with E-state index in [0.717, 1.165) is 6.08 Å². The fourth-order valence-corrected chi connectivity index (χ4v) is 2.80. The summed E-state index contributed by atoms with van der Waals surface area (Å²) >= 11 is 0. The van der Waals surface area contributed by atoms with Gasteiger partial charge in [0.05, 0.1) is 0 Å². The number of hydrogen-bond donors (Lipinski definition) is 1. The van der Waals surface area contributed by atoms with Crippen molar-refractivity contribution in [2.45, 2.75) is 0 Å². The van der Waals surface area contributed by atoms with Gasteiger partial charge in [-0.3, -0.25) is 9.59 Å². The number of allylic oxidation sites excluding steroid dienone is 1. The summed E-state index contributed by atoms with van der Waals surface area (Å²) < 4.78 is 0. The van der Waals surface area contributed by atoms with E-state index in [-0.39, 0.29) is 11.6 Å². The number of ketones is 2. The molecular weight excluding hydrogens is 364 g/mol. The van der Waals surface area contributed by atoms with E-state index in [4.69, 9.17) is 5.11 Å². The number of carbonyl (C=O) groups is 3. The Balaban J connectivity index is 1.74. The quantitative estimate of drug-likeness (QED) is 0.465. The molecule has 0 radical (unpaired) electrons. The molecule has 142 valence electrons. The van der Waals surface area contributed by atoms with Crippen molar-refractivity contribution in [1.29, 1.82) is 0 Å². The fourth-order valence-electron chi connectivity index (χ4n) is 2.80. The highest BCUT2D eigenvalue weighted by molar-refractivity contribution is 6.28. The van der Waals surface area contributed by atoms with Crippen molar-refractivity contribution in [3.05, 3.63) is 119 Å². The van der Waals surface area contributed by atoms with E-state index >= 15 is 0 Å². The lowest BCUT2D eigenvalue weighted by Crippen LogP contribution is -2.04. The fraction of sp³-hybridized carbons (Fsp3) is 0. The van der Waals surface area contributed by atoms with Gasteiger partial charge in [0.2, 0.25) is 0 Å². The predicted molar refractivity (Wildman–Crippen MR) is 113 cm³/mol. The minimum Gasteiger partial charge on any atom is -0.478 e. The van der Waals surface area contributed by atoms with Gasteiger partial charge in [-0.05, 0) is 17.2 Å². The number of hydrogen-bond acceptors (Lipinski definition) is 3. The molecule has 0 heterocycles. The first-order chi connectivity index (χ1) is 14.0. The van der Waals surface area contributed by atoms with E-state index < -0.39 is 5.97 Å². The van der Waals surface area contributed by atoms with E-state index in [2.05, 4.69) is 6.58 Å². The molecule has 0 spiro atoms. The molecule has 0 atom stereocenters. The van der Waals surface area contributed by atoms with Crippen molar-refractivity contribution >= 4 is 29.2 Å².